The number of carbonyl (C=O) groups is 3. The van der Waals surface area contributed by atoms with E-state index in [-0.39, 0.29) is 57.7 Å². The van der Waals surface area contributed by atoms with E-state index in [2.05, 4.69) is 20.8 Å². The molecule has 0 heterocycles. The van der Waals surface area contributed by atoms with Gasteiger partial charge in [-0.3, -0.25) is 14.4 Å². The molecule has 4 saturated carbocycles. The van der Waals surface area contributed by atoms with Crippen molar-refractivity contribution in [2.45, 2.75) is 105 Å². The Kier molecular flexibility index (Phi) is 5.69. The molecule has 0 aliphatic heterocycles. The number of esters is 3. The number of ether oxygens (including phenoxy) is 3. The summed E-state index contributed by atoms with van der Waals surface area (Å²) in [7, 11) is 0. The predicted octanol–water partition coefficient (Wildman–Crippen LogP) is 4.83. The first kappa shape index (κ1) is 23.6. The minimum atomic E-state index is -0.260. The maximum Gasteiger partial charge on any atom is 0.302 e. The summed E-state index contributed by atoms with van der Waals surface area (Å²) < 4.78 is 17.5. The van der Waals surface area contributed by atoms with Crippen molar-refractivity contribution in [1.29, 1.82) is 0 Å². The van der Waals surface area contributed by atoms with Crippen LogP contribution in [-0.4, -0.2) is 36.7 Å². The molecule has 0 saturated heterocycles. The standard InChI is InChI=1S/C26H40O6/c1-16(27)30-15-24(5)8-7-9-25(6)22(24)20(31-17(2)28)12-19-13-21(32-18(3)29)23(4)10-11-26(19,25)14-23/h19-22H,7-15H2,1-6H3/t19-,20+,21-,22-,23-,24-,25-,26-/m0/s1. The van der Waals surface area contributed by atoms with Gasteiger partial charge in [-0.15, -0.1) is 0 Å². The summed E-state index contributed by atoms with van der Waals surface area (Å²) in [6, 6.07) is 0. The van der Waals surface area contributed by atoms with Gasteiger partial charge < -0.3 is 14.2 Å². The van der Waals surface area contributed by atoms with Gasteiger partial charge in [0.1, 0.15) is 12.2 Å². The van der Waals surface area contributed by atoms with Gasteiger partial charge in [-0.1, -0.05) is 27.2 Å². The van der Waals surface area contributed by atoms with Gasteiger partial charge in [-0.2, -0.15) is 0 Å². The van der Waals surface area contributed by atoms with Crippen LogP contribution in [0.3, 0.4) is 0 Å². The lowest BCUT2D eigenvalue weighted by molar-refractivity contribution is -0.245. The first-order valence-electron chi connectivity index (χ1n) is 12.3. The second-order valence-corrected chi connectivity index (χ2v) is 12.1. The van der Waals surface area contributed by atoms with Crippen LogP contribution < -0.4 is 0 Å². The quantitative estimate of drug-likeness (QED) is 0.453. The highest BCUT2D eigenvalue weighted by molar-refractivity contribution is 5.67. The molecule has 6 nitrogen and oxygen atoms in total. The van der Waals surface area contributed by atoms with Gasteiger partial charge >= 0.3 is 17.9 Å². The highest BCUT2D eigenvalue weighted by Gasteiger charge is 2.72. The molecule has 180 valence electrons. The van der Waals surface area contributed by atoms with Gasteiger partial charge in [0.2, 0.25) is 0 Å². The monoisotopic (exact) mass is 448 g/mol. The SMILES string of the molecule is CC(=O)OC[C@]1(C)CCC[C@@]2(C)[C@H]1[C@H](OC(C)=O)C[C@H]1C[C@H](OC(C)=O)[C@@]3(C)CC[C@]12C3. The second-order valence-electron chi connectivity index (χ2n) is 12.1. The van der Waals surface area contributed by atoms with Crippen LogP contribution in [0.15, 0.2) is 0 Å². The highest BCUT2D eigenvalue weighted by Crippen LogP contribution is 2.76. The maximum absolute atomic E-state index is 12.2. The zero-order valence-electron chi connectivity index (χ0n) is 20.6. The lowest BCUT2D eigenvalue weighted by Gasteiger charge is -2.68. The molecule has 0 unspecified atom stereocenters. The van der Waals surface area contributed by atoms with E-state index in [1.54, 1.807) is 0 Å². The Morgan fingerprint density at radius 1 is 0.844 bits per heavy atom. The number of hydrogen-bond donors (Lipinski definition) is 0. The van der Waals surface area contributed by atoms with Crippen molar-refractivity contribution in [2.24, 2.45) is 33.5 Å². The zero-order valence-corrected chi connectivity index (χ0v) is 20.6. The number of rotatable bonds is 4. The van der Waals surface area contributed by atoms with Crippen molar-refractivity contribution >= 4 is 17.9 Å². The van der Waals surface area contributed by atoms with Gasteiger partial charge in [-0.05, 0) is 61.7 Å². The summed E-state index contributed by atoms with van der Waals surface area (Å²) in [6.07, 6.45) is 7.72. The first-order valence-corrected chi connectivity index (χ1v) is 12.3. The lowest BCUT2D eigenvalue weighted by atomic mass is 9.37. The van der Waals surface area contributed by atoms with E-state index in [9.17, 15) is 14.4 Å². The van der Waals surface area contributed by atoms with Crippen molar-refractivity contribution in [3.8, 4) is 0 Å². The molecule has 2 bridgehead atoms. The zero-order chi connectivity index (χ0) is 23.5. The summed E-state index contributed by atoms with van der Waals surface area (Å²) in [5.74, 6) is -0.235. The molecular formula is C26H40O6. The molecule has 0 aromatic heterocycles. The summed E-state index contributed by atoms with van der Waals surface area (Å²) in [4.78, 5) is 35.7. The molecule has 1 spiro atoms. The van der Waals surface area contributed by atoms with Gasteiger partial charge in [-0.25, -0.2) is 0 Å². The number of hydrogen-bond acceptors (Lipinski definition) is 6. The predicted molar refractivity (Wildman–Crippen MR) is 118 cm³/mol. The summed E-state index contributed by atoms with van der Waals surface area (Å²) >= 11 is 0. The van der Waals surface area contributed by atoms with E-state index >= 15 is 0 Å². The third-order valence-corrected chi connectivity index (χ3v) is 10.1. The van der Waals surface area contributed by atoms with Crippen LogP contribution in [0.25, 0.3) is 0 Å². The Morgan fingerprint density at radius 3 is 2.16 bits per heavy atom. The maximum atomic E-state index is 12.2. The summed E-state index contributed by atoms with van der Waals surface area (Å²) in [5, 5.41) is 0. The summed E-state index contributed by atoms with van der Waals surface area (Å²) in [6.45, 7) is 11.8. The summed E-state index contributed by atoms with van der Waals surface area (Å²) in [5.41, 5.74) is -0.127. The van der Waals surface area contributed by atoms with E-state index in [0.29, 0.717) is 12.5 Å². The Hall–Kier alpha value is -1.59. The van der Waals surface area contributed by atoms with Crippen LogP contribution in [0.1, 0.15) is 92.9 Å². The van der Waals surface area contributed by atoms with Crippen LogP contribution in [-0.2, 0) is 28.6 Å². The highest BCUT2D eigenvalue weighted by atomic mass is 16.6. The van der Waals surface area contributed by atoms with Gasteiger partial charge in [0.05, 0.1) is 6.61 Å². The third kappa shape index (κ3) is 3.47. The Morgan fingerprint density at radius 2 is 1.53 bits per heavy atom. The van der Waals surface area contributed by atoms with E-state index in [4.69, 9.17) is 14.2 Å². The van der Waals surface area contributed by atoms with Crippen molar-refractivity contribution < 1.29 is 28.6 Å². The largest absolute Gasteiger partial charge is 0.465 e. The average Bonchev–Trinajstić information content (AvgIpc) is 2.98. The molecule has 0 amide bonds. The van der Waals surface area contributed by atoms with E-state index in [1.807, 2.05) is 0 Å². The van der Waals surface area contributed by atoms with Crippen LogP contribution in [0, 0.1) is 33.5 Å². The van der Waals surface area contributed by atoms with Crippen molar-refractivity contribution in [2.75, 3.05) is 6.61 Å². The van der Waals surface area contributed by atoms with Crippen LogP contribution in [0.4, 0.5) is 0 Å². The topological polar surface area (TPSA) is 78.9 Å². The molecule has 0 radical (unpaired) electrons. The Bertz CT molecular complexity index is 808. The molecule has 32 heavy (non-hydrogen) atoms. The van der Waals surface area contributed by atoms with Gasteiger partial charge in [0.25, 0.3) is 0 Å². The second kappa shape index (κ2) is 7.73. The number of fused-ring (bicyclic) bond motifs is 2. The first-order chi connectivity index (χ1) is 14.9. The molecule has 6 heteroatoms. The van der Waals surface area contributed by atoms with Crippen LogP contribution >= 0.6 is 0 Å². The fraction of sp³-hybridized carbons (Fsp3) is 0.885. The molecule has 8 atom stereocenters. The molecule has 0 N–H and O–H groups in total. The van der Waals surface area contributed by atoms with E-state index in [1.165, 1.54) is 20.8 Å². The molecular weight excluding hydrogens is 408 g/mol. The van der Waals surface area contributed by atoms with Crippen molar-refractivity contribution in [3.63, 3.8) is 0 Å². The van der Waals surface area contributed by atoms with Gasteiger partial charge in [0.15, 0.2) is 0 Å². The normalized spacial score (nSPS) is 47.1. The molecule has 4 aliphatic carbocycles. The van der Waals surface area contributed by atoms with E-state index in [0.717, 1.165) is 51.4 Å². The van der Waals surface area contributed by atoms with Crippen molar-refractivity contribution in [1.82, 2.24) is 0 Å². The molecule has 4 aliphatic rings. The fourth-order valence-electron chi connectivity index (χ4n) is 9.00. The smallest absolute Gasteiger partial charge is 0.302 e. The minimum Gasteiger partial charge on any atom is -0.465 e. The van der Waals surface area contributed by atoms with Gasteiger partial charge in [0, 0.05) is 37.5 Å². The molecule has 4 fully saturated rings. The lowest BCUT2D eigenvalue weighted by Crippen LogP contribution is -2.66. The number of carbonyl (C=O) groups excluding carboxylic acids is 3. The Labute approximate surface area is 192 Å². The molecule has 0 aromatic carbocycles. The Balaban J connectivity index is 1.76. The van der Waals surface area contributed by atoms with E-state index < -0.39 is 0 Å². The molecule has 4 rings (SSSR count). The minimum absolute atomic E-state index is 0.00622. The van der Waals surface area contributed by atoms with Crippen LogP contribution in [0.2, 0.25) is 0 Å². The fourth-order valence-corrected chi connectivity index (χ4v) is 9.00. The van der Waals surface area contributed by atoms with Crippen LogP contribution in [0.5, 0.6) is 0 Å². The third-order valence-electron chi connectivity index (χ3n) is 10.1. The van der Waals surface area contributed by atoms with Crippen molar-refractivity contribution in [3.05, 3.63) is 0 Å². The molecule has 0 aromatic rings. The average molecular weight is 449 g/mol.